The summed E-state index contributed by atoms with van der Waals surface area (Å²) < 4.78 is 7.15. The third kappa shape index (κ3) is 4.98. The van der Waals surface area contributed by atoms with Gasteiger partial charge in [0.05, 0.1) is 19.1 Å². The fourth-order valence-electron chi connectivity index (χ4n) is 2.54. The van der Waals surface area contributed by atoms with Crippen LogP contribution in [0.1, 0.15) is 12.5 Å². The normalized spacial score (nSPS) is 10.9. The van der Waals surface area contributed by atoms with Crippen LogP contribution in [-0.4, -0.2) is 39.7 Å². The van der Waals surface area contributed by atoms with Crippen LogP contribution in [0.4, 0.5) is 0 Å². The first-order valence-corrected chi connectivity index (χ1v) is 9.77. The van der Waals surface area contributed by atoms with Gasteiger partial charge in [-0.3, -0.25) is 4.79 Å². The number of aromatic nitrogens is 3. The average molecular weight is 395 g/mol. The second kappa shape index (κ2) is 9.70. The Morgan fingerprint density at radius 2 is 2.04 bits per heavy atom. The zero-order valence-corrected chi connectivity index (χ0v) is 16.5. The van der Waals surface area contributed by atoms with Gasteiger partial charge in [0.25, 0.3) is 5.91 Å². The number of benzene rings is 2. The van der Waals surface area contributed by atoms with Crippen LogP contribution < -0.4 is 10.2 Å². The number of carbonyl (C=O) groups is 1. The van der Waals surface area contributed by atoms with E-state index in [-0.39, 0.29) is 11.7 Å². The van der Waals surface area contributed by atoms with E-state index in [1.54, 1.807) is 13.3 Å². The molecule has 8 heteroatoms. The lowest BCUT2D eigenvalue weighted by molar-refractivity contribution is -0.118. The van der Waals surface area contributed by atoms with E-state index in [2.05, 4.69) is 20.7 Å². The predicted octanol–water partition coefficient (Wildman–Crippen LogP) is 3.22. The molecule has 28 heavy (non-hydrogen) atoms. The minimum atomic E-state index is -0.212. The van der Waals surface area contributed by atoms with E-state index in [1.807, 2.05) is 66.1 Å². The first-order valence-electron chi connectivity index (χ1n) is 8.78. The lowest BCUT2D eigenvalue weighted by Gasteiger charge is -2.06. The van der Waals surface area contributed by atoms with E-state index in [4.69, 9.17) is 4.74 Å². The molecule has 1 amide bonds. The van der Waals surface area contributed by atoms with E-state index in [9.17, 15) is 4.79 Å². The molecule has 1 aromatic heterocycles. The van der Waals surface area contributed by atoms with Gasteiger partial charge in [0.1, 0.15) is 5.75 Å². The molecule has 0 aliphatic carbocycles. The van der Waals surface area contributed by atoms with Crippen molar-refractivity contribution >= 4 is 23.9 Å². The predicted molar refractivity (Wildman–Crippen MR) is 111 cm³/mol. The Balaban J connectivity index is 1.57. The Morgan fingerprint density at radius 1 is 1.21 bits per heavy atom. The lowest BCUT2D eigenvalue weighted by atomic mass is 10.2. The van der Waals surface area contributed by atoms with Crippen molar-refractivity contribution in [3.8, 4) is 17.1 Å². The summed E-state index contributed by atoms with van der Waals surface area (Å²) in [6, 6.07) is 17.3. The zero-order valence-electron chi connectivity index (χ0n) is 15.7. The zero-order chi connectivity index (χ0) is 19.8. The van der Waals surface area contributed by atoms with Gasteiger partial charge in [-0.1, -0.05) is 54.2 Å². The van der Waals surface area contributed by atoms with E-state index >= 15 is 0 Å². The number of nitrogens with one attached hydrogen (secondary N) is 1. The summed E-state index contributed by atoms with van der Waals surface area (Å²) >= 11 is 1.33. The monoisotopic (exact) mass is 395 g/mol. The van der Waals surface area contributed by atoms with Crippen LogP contribution in [-0.2, 0) is 11.3 Å². The van der Waals surface area contributed by atoms with Crippen LogP contribution in [0, 0.1) is 0 Å². The van der Waals surface area contributed by atoms with Gasteiger partial charge in [-0.15, -0.1) is 10.2 Å². The Kier molecular flexibility index (Phi) is 6.80. The second-order valence-electron chi connectivity index (χ2n) is 5.77. The van der Waals surface area contributed by atoms with E-state index in [1.165, 1.54) is 11.8 Å². The Morgan fingerprint density at radius 3 is 2.79 bits per heavy atom. The molecule has 3 rings (SSSR count). The number of hydrogen-bond donors (Lipinski definition) is 1. The molecule has 1 N–H and O–H groups in total. The van der Waals surface area contributed by atoms with Crippen LogP contribution in [0.25, 0.3) is 11.4 Å². The van der Waals surface area contributed by atoms with Crippen LogP contribution >= 0.6 is 11.8 Å². The van der Waals surface area contributed by atoms with Crippen LogP contribution in [0.15, 0.2) is 64.9 Å². The quantitative estimate of drug-likeness (QED) is 0.360. The maximum absolute atomic E-state index is 12.1. The molecule has 1 heterocycles. The number of hydrazone groups is 1. The highest BCUT2D eigenvalue weighted by molar-refractivity contribution is 7.99. The number of carbonyl (C=O) groups excluding carboxylic acids is 1. The molecule has 2 aromatic carbocycles. The topological polar surface area (TPSA) is 81.4 Å². The number of nitrogens with zero attached hydrogens (tertiary/aromatic N) is 4. The largest absolute Gasteiger partial charge is 0.497 e. The summed E-state index contributed by atoms with van der Waals surface area (Å²) in [6.45, 7) is 2.74. The molecule has 0 spiro atoms. The number of amides is 1. The molecule has 0 atom stereocenters. The van der Waals surface area contributed by atoms with Crippen LogP contribution in [0.5, 0.6) is 5.75 Å². The van der Waals surface area contributed by atoms with Gasteiger partial charge >= 0.3 is 0 Å². The van der Waals surface area contributed by atoms with Gasteiger partial charge in [-0.25, -0.2) is 5.43 Å². The van der Waals surface area contributed by atoms with Crippen molar-refractivity contribution in [3.05, 3.63) is 60.2 Å². The average Bonchev–Trinajstić information content (AvgIpc) is 3.16. The van der Waals surface area contributed by atoms with Gasteiger partial charge in [-0.05, 0) is 24.6 Å². The van der Waals surface area contributed by atoms with Gasteiger partial charge in [0.2, 0.25) is 0 Å². The van der Waals surface area contributed by atoms with Crippen molar-refractivity contribution in [2.75, 3.05) is 12.9 Å². The minimum Gasteiger partial charge on any atom is -0.497 e. The third-order valence-electron chi connectivity index (χ3n) is 3.89. The van der Waals surface area contributed by atoms with Crippen molar-refractivity contribution in [1.82, 2.24) is 20.2 Å². The molecular weight excluding hydrogens is 374 g/mol. The van der Waals surface area contributed by atoms with Crippen molar-refractivity contribution < 1.29 is 9.53 Å². The maximum atomic E-state index is 12.1. The molecule has 0 aliphatic rings. The molecule has 0 saturated heterocycles. The number of ether oxygens (including phenoxy) is 1. The van der Waals surface area contributed by atoms with Gasteiger partial charge < -0.3 is 9.30 Å². The molecule has 0 bridgehead atoms. The summed E-state index contributed by atoms with van der Waals surface area (Å²) in [5.74, 6) is 1.51. The molecule has 0 saturated carbocycles. The van der Waals surface area contributed by atoms with Crippen molar-refractivity contribution in [3.63, 3.8) is 0 Å². The highest BCUT2D eigenvalue weighted by Crippen LogP contribution is 2.23. The summed E-state index contributed by atoms with van der Waals surface area (Å²) in [5.41, 5.74) is 4.36. The van der Waals surface area contributed by atoms with E-state index in [0.29, 0.717) is 5.16 Å². The highest BCUT2D eigenvalue weighted by atomic mass is 32.2. The highest BCUT2D eigenvalue weighted by Gasteiger charge is 2.14. The summed E-state index contributed by atoms with van der Waals surface area (Å²) in [6.07, 6.45) is 1.58. The van der Waals surface area contributed by atoms with Gasteiger partial charge in [-0.2, -0.15) is 5.10 Å². The molecule has 0 aliphatic heterocycles. The first kappa shape index (κ1) is 19.6. The minimum absolute atomic E-state index is 0.197. The SMILES string of the molecule is CCn1c(SCC(=O)N/N=C/c2cccc(OC)c2)nnc1-c1ccccc1. The number of methoxy groups -OCH3 is 1. The molecule has 7 nitrogen and oxygen atoms in total. The summed E-state index contributed by atoms with van der Waals surface area (Å²) in [5, 5.41) is 13.2. The molecule has 0 radical (unpaired) electrons. The fourth-order valence-corrected chi connectivity index (χ4v) is 3.34. The number of thioether (sulfide) groups is 1. The van der Waals surface area contributed by atoms with Crippen LogP contribution in [0.2, 0.25) is 0 Å². The summed E-state index contributed by atoms with van der Waals surface area (Å²) in [4.78, 5) is 12.1. The molecule has 144 valence electrons. The van der Waals surface area contributed by atoms with Crippen molar-refractivity contribution in [2.45, 2.75) is 18.6 Å². The van der Waals surface area contributed by atoms with Crippen molar-refractivity contribution in [2.24, 2.45) is 5.10 Å². The number of rotatable bonds is 8. The first-order chi connectivity index (χ1) is 13.7. The second-order valence-corrected chi connectivity index (χ2v) is 6.72. The standard InChI is InChI=1S/C20H21N5O2S/c1-3-25-19(16-9-5-4-6-10-16)23-24-20(25)28-14-18(26)22-21-13-15-8-7-11-17(12-15)27-2/h4-13H,3,14H2,1-2H3,(H,22,26)/b21-13+. The smallest absolute Gasteiger partial charge is 0.250 e. The van der Waals surface area contributed by atoms with E-state index < -0.39 is 0 Å². The molecule has 0 unspecified atom stereocenters. The van der Waals surface area contributed by atoms with Gasteiger partial charge in [0.15, 0.2) is 11.0 Å². The summed E-state index contributed by atoms with van der Waals surface area (Å²) in [7, 11) is 1.60. The fraction of sp³-hybridized carbons (Fsp3) is 0.200. The molecular formula is C20H21N5O2S. The maximum Gasteiger partial charge on any atom is 0.250 e. The van der Waals surface area contributed by atoms with Crippen molar-refractivity contribution in [1.29, 1.82) is 0 Å². The van der Waals surface area contributed by atoms with E-state index in [0.717, 1.165) is 29.2 Å². The Labute approximate surface area is 167 Å². The Bertz CT molecular complexity index is 956. The number of hydrogen-bond acceptors (Lipinski definition) is 6. The molecule has 3 aromatic rings. The van der Waals surface area contributed by atoms with Gasteiger partial charge in [0, 0.05) is 12.1 Å². The Hall–Kier alpha value is -3.13. The van der Waals surface area contributed by atoms with Crippen LogP contribution in [0.3, 0.4) is 0 Å². The third-order valence-corrected chi connectivity index (χ3v) is 4.86. The lowest BCUT2D eigenvalue weighted by Crippen LogP contribution is -2.20. The molecule has 0 fully saturated rings.